The highest BCUT2D eigenvalue weighted by Crippen LogP contribution is 2.25. The number of hydrogen-bond donors (Lipinski definition) is 0. The average Bonchev–Trinajstić information content (AvgIpc) is 2.74. The first-order chi connectivity index (χ1) is 14.5. The van der Waals surface area contributed by atoms with Gasteiger partial charge < -0.3 is 9.47 Å². The fourth-order valence-electron chi connectivity index (χ4n) is 4.08. The number of fused-ring (bicyclic) bond motifs is 1. The quantitative estimate of drug-likeness (QED) is 0.517. The Morgan fingerprint density at radius 2 is 1.87 bits per heavy atom. The number of rotatable bonds is 6. The molecule has 1 aliphatic rings. The first-order valence-corrected chi connectivity index (χ1v) is 10.9. The van der Waals surface area contributed by atoms with Crippen molar-refractivity contribution in [2.45, 2.75) is 32.2 Å². The predicted molar refractivity (Wildman–Crippen MR) is 118 cm³/mol. The minimum absolute atomic E-state index is 0.125. The first-order valence-electron chi connectivity index (χ1n) is 10.2. The van der Waals surface area contributed by atoms with Crippen molar-refractivity contribution in [2.24, 2.45) is 5.92 Å². The summed E-state index contributed by atoms with van der Waals surface area (Å²) < 4.78 is 15.2. The molecule has 0 saturated carbocycles. The Hall–Kier alpha value is -2.02. The zero-order valence-electron chi connectivity index (χ0n) is 16.5. The van der Waals surface area contributed by atoms with Gasteiger partial charge in [-0.2, -0.15) is 0 Å². The van der Waals surface area contributed by atoms with Crippen LogP contribution in [-0.4, -0.2) is 39.1 Å². The summed E-state index contributed by atoms with van der Waals surface area (Å²) >= 11 is 11.9. The summed E-state index contributed by atoms with van der Waals surface area (Å²) in [5.74, 6) is 0.231. The topological polar surface area (TPSA) is 51.0 Å². The standard InChI is InChI=1S/C22H23Cl2FN4O/c23-18-11-16(13-27-22(18)24)2-1-15-5-7-28(8-6-15)9-10-29-20-12-17(25)14-26-19(20)3-4-21(29)30/h3-4,11-15H,1-2,5-10H2. The molecule has 5 nitrogen and oxygen atoms in total. The van der Waals surface area contributed by atoms with Crippen LogP contribution in [0, 0.1) is 11.7 Å². The Balaban J connectivity index is 1.30. The maximum Gasteiger partial charge on any atom is 0.251 e. The van der Waals surface area contributed by atoms with Crippen LogP contribution in [0.25, 0.3) is 11.0 Å². The van der Waals surface area contributed by atoms with Gasteiger partial charge in [0.05, 0.1) is 22.3 Å². The third-order valence-corrected chi connectivity index (χ3v) is 6.53. The molecule has 0 bridgehead atoms. The lowest BCUT2D eigenvalue weighted by Crippen LogP contribution is -2.37. The molecule has 1 fully saturated rings. The summed E-state index contributed by atoms with van der Waals surface area (Å²) in [6, 6.07) is 6.42. The number of aryl methyl sites for hydroxylation is 1. The van der Waals surface area contributed by atoms with Crippen molar-refractivity contribution < 1.29 is 4.39 Å². The third-order valence-electron chi connectivity index (χ3n) is 5.85. The average molecular weight is 449 g/mol. The Labute approximate surface area is 184 Å². The summed E-state index contributed by atoms with van der Waals surface area (Å²) in [6.45, 7) is 3.28. The molecule has 0 atom stereocenters. The van der Waals surface area contributed by atoms with Crippen molar-refractivity contribution in [3.05, 3.63) is 68.6 Å². The number of piperidine rings is 1. The summed E-state index contributed by atoms with van der Waals surface area (Å²) in [5.41, 5.74) is 2.17. The fraction of sp³-hybridized carbons (Fsp3) is 0.409. The molecule has 4 rings (SSSR count). The Bertz CT molecular complexity index is 1100. The van der Waals surface area contributed by atoms with Crippen molar-refractivity contribution in [1.82, 2.24) is 19.4 Å². The van der Waals surface area contributed by atoms with Gasteiger partial charge in [0.15, 0.2) is 0 Å². The van der Waals surface area contributed by atoms with Gasteiger partial charge >= 0.3 is 0 Å². The second kappa shape index (κ2) is 9.41. The molecule has 0 spiro atoms. The predicted octanol–water partition coefficient (Wildman–Crippen LogP) is 4.58. The van der Waals surface area contributed by atoms with Gasteiger partial charge in [-0.05, 0) is 62.4 Å². The van der Waals surface area contributed by atoms with Gasteiger partial charge in [0.2, 0.25) is 0 Å². The number of halogens is 3. The largest absolute Gasteiger partial charge is 0.305 e. The molecule has 158 valence electrons. The van der Waals surface area contributed by atoms with E-state index >= 15 is 0 Å². The van der Waals surface area contributed by atoms with E-state index in [0.717, 1.165) is 50.9 Å². The molecule has 4 heterocycles. The molecular formula is C22H23Cl2FN4O. The molecule has 0 amide bonds. The molecule has 0 radical (unpaired) electrons. The van der Waals surface area contributed by atoms with E-state index in [-0.39, 0.29) is 5.56 Å². The van der Waals surface area contributed by atoms with E-state index in [2.05, 4.69) is 14.9 Å². The number of aromatic nitrogens is 3. The molecule has 3 aromatic rings. The van der Waals surface area contributed by atoms with Gasteiger partial charge in [0.1, 0.15) is 11.0 Å². The fourth-order valence-corrected chi connectivity index (χ4v) is 4.37. The van der Waals surface area contributed by atoms with Gasteiger partial charge in [-0.25, -0.2) is 9.37 Å². The number of likely N-dealkylation sites (tertiary alicyclic amines) is 1. The van der Waals surface area contributed by atoms with E-state index in [1.54, 1.807) is 16.8 Å². The molecule has 8 heteroatoms. The summed E-state index contributed by atoms with van der Waals surface area (Å²) in [6.07, 6.45) is 7.25. The van der Waals surface area contributed by atoms with E-state index in [1.165, 1.54) is 18.3 Å². The lowest BCUT2D eigenvalue weighted by Gasteiger charge is -2.32. The maximum atomic E-state index is 13.6. The van der Waals surface area contributed by atoms with E-state index in [4.69, 9.17) is 23.2 Å². The van der Waals surface area contributed by atoms with Crippen molar-refractivity contribution in [2.75, 3.05) is 19.6 Å². The highest BCUT2D eigenvalue weighted by molar-refractivity contribution is 6.41. The molecule has 0 N–H and O–H groups in total. The maximum absolute atomic E-state index is 13.6. The molecule has 0 unspecified atom stereocenters. The highest BCUT2D eigenvalue weighted by atomic mass is 35.5. The van der Waals surface area contributed by atoms with Crippen LogP contribution >= 0.6 is 23.2 Å². The summed E-state index contributed by atoms with van der Waals surface area (Å²) in [4.78, 5) is 22.9. The van der Waals surface area contributed by atoms with E-state index < -0.39 is 5.82 Å². The lowest BCUT2D eigenvalue weighted by atomic mass is 9.91. The smallest absolute Gasteiger partial charge is 0.251 e. The van der Waals surface area contributed by atoms with Crippen LogP contribution in [0.4, 0.5) is 4.39 Å². The normalized spacial score (nSPS) is 15.7. The van der Waals surface area contributed by atoms with Gasteiger partial charge in [0, 0.05) is 31.4 Å². The number of hydrogen-bond acceptors (Lipinski definition) is 4. The van der Waals surface area contributed by atoms with E-state index in [1.807, 2.05) is 6.07 Å². The monoisotopic (exact) mass is 448 g/mol. The van der Waals surface area contributed by atoms with Gasteiger partial charge in [0.25, 0.3) is 5.56 Å². The summed E-state index contributed by atoms with van der Waals surface area (Å²) in [5, 5.41) is 0.847. The Kier molecular flexibility index (Phi) is 6.66. The highest BCUT2D eigenvalue weighted by Gasteiger charge is 2.19. The molecule has 30 heavy (non-hydrogen) atoms. The zero-order valence-corrected chi connectivity index (χ0v) is 18.0. The van der Waals surface area contributed by atoms with Crippen LogP contribution in [0.1, 0.15) is 24.8 Å². The third kappa shape index (κ3) is 4.99. The van der Waals surface area contributed by atoms with Gasteiger partial charge in [-0.15, -0.1) is 0 Å². The van der Waals surface area contributed by atoms with Crippen LogP contribution in [0.2, 0.25) is 10.2 Å². The molecule has 0 aliphatic carbocycles. The molecule has 0 aromatic carbocycles. The second-order valence-electron chi connectivity index (χ2n) is 7.82. The molecule has 1 saturated heterocycles. The minimum atomic E-state index is -0.431. The van der Waals surface area contributed by atoms with Crippen LogP contribution in [-0.2, 0) is 13.0 Å². The Morgan fingerprint density at radius 3 is 2.63 bits per heavy atom. The van der Waals surface area contributed by atoms with E-state index in [0.29, 0.717) is 33.7 Å². The molecule has 3 aromatic heterocycles. The summed E-state index contributed by atoms with van der Waals surface area (Å²) in [7, 11) is 0. The van der Waals surface area contributed by atoms with Crippen LogP contribution in [0.3, 0.4) is 0 Å². The van der Waals surface area contributed by atoms with Gasteiger partial charge in [-0.3, -0.25) is 9.78 Å². The second-order valence-corrected chi connectivity index (χ2v) is 8.59. The van der Waals surface area contributed by atoms with Crippen LogP contribution < -0.4 is 5.56 Å². The first kappa shape index (κ1) is 21.2. The molecular weight excluding hydrogens is 426 g/mol. The Morgan fingerprint density at radius 1 is 1.07 bits per heavy atom. The van der Waals surface area contributed by atoms with Crippen LogP contribution in [0.15, 0.2) is 41.5 Å². The van der Waals surface area contributed by atoms with Crippen molar-refractivity contribution >= 4 is 34.2 Å². The van der Waals surface area contributed by atoms with E-state index in [9.17, 15) is 9.18 Å². The van der Waals surface area contributed by atoms with Crippen LogP contribution in [0.5, 0.6) is 0 Å². The lowest BCUT2D eigenvalue weighted by molar-refractivity contribution is 0.174. The number of pyridine rings is 3. The minimum Gasteiger partial charge on any atom is -0.305 e. The SMILES string of the molecule is O=c1ccc2ncc(F)cc2n1CCN1CCC(CCc2cnc(Cl)c(Cl)c2)CC1. The zero-order chi connectivity index (χ0) is 21.1. The van der Waals surface area contributed by atoms with Crippen molar-refractivity contribution in [1.29, 1.82) is 0 Å². The van der Waals surface area contributed by atoms with Gasteiger partial charge in [-0.1, -0.05) is 23.2 Å². The number of nitrogens with zero attached hydrogens (tertiary/aromatic N) is 4. The van der Waals surface area contributed by atoms with Crippen molar-refractivity contribution in [3.63, 3.8) is 0 Å². The van der Waals surface area contributed by atoms with Crippen molar-refractivity contribution in [3.8, 4) is 0 Å². The molecule has 1 aliphatic heterocycles.